The van der Waals surface area contributed by atoms with Crippen molar-refractivity contribution in [2.24, 2.45) is 11.7 Å². The minimum absolute atomic E-state index is 0. The van der Waals surface area contributed by atoms with Gasteiger partial charge in [-0.2, -0.15) is 5.10 Å². The minimum Gasteiger partial charge on any atom is -0.328 e. The summed E-state index contributed by atoms with van der Waals surface area (Å²) in [5.41, 5.74) is 7.45. The molecule has 0 radical (unpaired) electrons. The Morgan fingerprint density at radius 2 is 2.04 bits per heavy atom. The second-order valence-electron chi connectivity index (χ2n) is 6.17. The molecule has 0 bridgehead atoms. The standard InChI is InChI=1S/C17H21FN4O.ClH/c1-11-9-16(20-17(23)12-3-2-4-14(19)10-12)22(21-11)15-7-5-13(18)6-8-15;/h5-9,12,14H,2-4,10,19H2,1H3,(H,20,23);1H. The van der Waals surface area contributed by atoms with E-state index in [0.29, 0.717) is 11.5 Å². The maximum atomic E-state index is 13.1. The number of nitrogens with zero attached hydrogens (tertiary/aromatic N) is 2. The number of hydrogen-bond donors (Lipinski definition) is 2. The van der Waals surface area contributed by atoms with E-state index in [1.807, 2.05) is 13.0 Å². The van der Waals surface area contributed by atoms with Crippen molar-refractivity contribution < 1.29 is 9.18 Å². The highest BCUT2D eigenvalue weighted by Crippen LogP contribution is 2.25. The molecule has 1 aromatic heterocycles. The Labute approximate surface area is 146 Å². The number of anilines is 1. The van der Waals surface area contributed by atoms with E-state index in [1.54, 1.807) is 16.8 Å². The highest BCUT2D eigenvalue weighted by molar-refractivity contribution is 5.92. The first-order valence-corrected chi connectivity index (χ1v) is 7.92. The Bertz CT molecular complexity index is 701. The van der Waals surface area contributed by atoms with E-state index < -0.39 is 0 Å². The normalized spacial score (nSPS) is 20.3. The monoisotopic (exact) mass is 352 g/mol. The van der Waals surface area contributed by atoms with Crippen molar-refractivity contribution in [3.05, 3.63) is 41.8 Å². The third-order valence-electron chi connectivity index (χ3n) is 4.24. The Kier molecular flexibility index (Phi) is 5.96. The summed E-state index contributed by atoms with van der Waals surface area (Å²) >= 11 is 0. The average Bonchev–Trinajstić information content (AvgIpc) is 2.88. The third-order valence-corrected chi connectivity index (χ3v) is 4.24. The number of aryl methyl sites for hydroxylation is 1. The van der Waals surface area contributed by atoms with Crippen LogP contribution in [0.5, 0.6) is 0 Å². The number of nitrogens with one attached hydrogen (secondary N) is 1. The topological polar surface area (TPSA) is 72.9 Å². The van der Waals surface area contributed by atoms with Gasteiger partial charge in [-0.05, 0) is 50.5 Å². The number of carbonyl (C=O) groups excluding carboxylic acids is 1. The van der Waals surface area contributed by atoms with Crippen molar-refractivity contribution in [3.63, 3.8) is 0 Å². The van der Waals surface area contributed by atoms with E-state index in [0.717, 1.165) is 31.4 Å². The molecule has 3 N–H and O–H groups in total. The molecular formula is C17H22ClFN4O. The van der Waals surface area contributed by atoms with Crippen LogP contribution in [0.2, 0.25) is 0 Å². The van der Waals surface area contributed by atoms with Crippen LogP contribution >= 0.6 is 12.4 Å². The van der Waals surface area contributed by atoms with Crippen LogP contribution in [0, 0.1) is 18.7 Å². The molecule has 2 unspecified atom stereocenters. The highest BCUT2D eigenvalue weighted by Gasteiger charge is 2.26. The summed E-state index contributed by atoms with van der Waals surface area (Å²) in [6.07, 6.45) is 3.55. The van der Waals surface area contributed by atoms with Gasteiger partial charge in [0.1, 0.15) is 11.6 Å². The summed E-state index contributed by atoms with van der Waals surface area (Å²) in [5.74, 6) is 0.205. The van der Waals surface area contributed by atoms with Crippen molar-refractivity contribution in [1.82, 2.24) is 9.78 Å². The summed E-state index contributed by atoms with van der Waals surface area (Å²) < 4.78 is 14.7. The van der Waals surface area contributed by atoms with Crippen LogP contribution < -0.4 is 11.1 Å². The molecule has 1 saturated carbocycles. The molecular weight excluding hydrogens is 331 g/mol. The number of carbonyl (C=O) groups is 1. The van der Waals surface area contributed by atoms with E-state index in [-0.39, 0.29) is 36.1 Å². The first-order chi connectivity index (χ1) is 11.0. The number of aromatic nitrogens is 2. The zero-order chi connectivity index (χ0) is 16.4. The number of hydrogen-bond acceptors (Lipinski definition) is 3. The van der Waals surface area contributed by atoms with Gasteiger partial charge in [0, 0.05) is 18.0 Å². The fourth-order valence-corrected chi connectivity index (χ4v) is 3.06. The molecule has 7 heteroatoms. The lowest BCUT2D eigenvalue weighted by atomic mass is 9.85. The molecule has 1 heterocycles. The van der Waals surface area contributed by atoms with Gasteiger partial charge in [-0.3, -0.25) is 4.79 Å². The SMILES string of the molecule is Cc1cc(NC(=O)C2CCCC(N)C2)n(-c2ccc(F)cc2)n1.Cl. The predicted octanol–water partition coefficient (Wildman–Crippen LogP) is 3.20. The van der Waals surface area contributed by atoms with Crippen LogP contribution in [-0.4, -0.2) is 21.7 Å². The van der Waals surface area contributed by atoms with Crippen LogP contribution in [0.1, 0.15) is 31.4 Å². The molecule has 2 atom stereocenters. The van der Waals surface area contributed by atoms with Gasteiger partial charge >= 0.3 is 0 Å². The molecule has 1 aliphatic rings. The molecule has 3 rings (SSSR count). The molecule has 2 aromatic rings. The summed E-state index contributed by atoms with van der Waals surface area (Å²) in [7, 11) is 0. The lowest BCUT2D eigenvalue weighted by molar-refractivity contribution is -0.120. The zero-order valence-electron chi connectivity index (χ0n) is 13.5. The molecule has 24 heavy (non-hydrogen) atoms. The molecule has 1 fully saturated rings. The van der Waals surface area contributed by atoms with Gasteiger partial charge in [-0.1, -0.05) is 6.42 Å². The van der Waals surface area contributed by atoms with Crippen LogP contribution in [0.15, 0.2) is 30.3 Å². The largest absolute Gasteiger partial charge is 0.328 e. The Balaban J connectivity index is 0.00000208. The third kappa shape index (κ3) is 4.13. The Morgan fingerprint density at radius 3 is 2.71 bits per heavy atom. The maximum absolute atomic E-state index is 13.1. The van der Waals surface area contributed by atoms with Gasteiger partial charge in [0.25, 0.3) is 0 Å². The zero-order valence-corrected chi connectivity index (χ0v) is 14.4. The second-order valence-corrected chi connectivity index (χ2v) is 6.17. The van der Waals surface area contributed by atoms with Crippen molar-refractivity contribution in [3.8, 4) is 5.69 Å². The first-order valence-electron chi connectivity index (χ1n) is 7.92. The molecule has 1 amide bonds. The number of halogens is 2. The van der Waals surface area contributed by atoms with E-state index in [1.165, 1.54) is 12.1 Å². The quantitative estimate of drug-likeness (QED) is 0.890. The average molecular weight is 353 g/mol. The number of amides is 1. The molecule has 1 aromatic carbocycles. The fourth-order valence-electron chi connectivity index (χ4n) is 3.06. The van der Waals surface area contributed by atoms with Crippen molar-refractivity contribution in [1.29, 1.82) is 0 Å². The minimum atomic E-state index is -0.306. The van der Waals surface area contributed by atoms with Gasteiger partial charge < -0.3 is 11.1 Å². The Hall–Kier alpha value is -1.92. The fraction of sp³-hybridized carbons (Fsp3) is 0.412. The van der Waals surface area contributed by atoms with E-state index in [2.05, 4.69) is 10.4 Å². The summed E-state index contributed by atoms with van der Waals surface area (Å²) in [6, 6.07) is 7.92. The van der Waals surface area contributed by atoms with Gasteiger partial charge in [-0.15, -0.1) is 12.4 Å². The number of benzene rings is 1. The molecule has 130 valence electrons. The van der Waals surface area contributed by atoms with E-state index >= 15 is 0 Å². The van der Waals surface area contributed by atoms with Crippen molar-refractivity contribution >= 4 is 24.1 Å². The maximum Gasteiger partial charge on any atom is 0.228 e. The van der Waals surface area contributed by atoms with Gasteiger partial charge in [-0.25, -0.2) is 9.07 Å². The van der Waals surface area contributed by atoms with Crippen LogP contribution in [0.4, 0.5) is 10.2 Å². The van der Waals surface area contributed by atoms with Crippen LogP contribution in [0.3, 0.4) is 0 Å². The van der Waals surface area contributed by atoms with E-state index in [4.69, 9.17) is 5.73 Å². The number of nitrogens with two attached hydrogens (primary N) is 1. The molecule has 0 saturated heterocycles. The Morgan fingerprint density at radius 1 is 1.33 bits per heavy atom. The smallest absolute Gasteiger partial charge is 0.228 e. The van der Waals surface area contributed by atoms with Crippen LogP contribution in [-0.2, 0) is 4.79 Å². The molecule has 1 aliphatic carbocycles. The van der Waals surface area contributed by atoms with Gasteiger partial charge in [0.05, 0.1) is 11.4 Å². The summed E-state index contributed by atoms with van der Waals surface area (Å²) in [4.78, 5) is 12.5. The van der Waals surface area contributed by atoms with Gasteiger partial charge in [0.15, 0.2) is 0 Å². The predicted molar refractivity (Wildman–Crippen MR) is 94.1 cm³/mol. The van der Waals surface area contributed by atoms with Gasteiger partial charge in [0.2, 0.25) is 5.91 Å². The lowest BCUT2D eigenvalue weighted by Gasteiger charge is -2.25. The molecule has 5 nitrogen and oxygen atoms in total. The molecule has 0 spiro atoms. The van der Waals surface area contributed by atoms with Crippen molar-refractivity contribution in [2.75, 3.05) is 5.32 Å². The lowest BCUT2D eigenvalue weighted by Crippen LogP contribution is -2.34. The summed E-state index contributed by atoms with van der Waals surface area (Å²) in [6.45, 7) is 1.85. The van der Waals surface area contributed by atoms with Crippen LogP contribution in [0.25, 0.3) is 5.69 Å². The number of rotatable bonds is 3. The summed E-state index contributed by atoms with van der Waals surface area (Å²) in [5, 5.41) is 7.33. The van der Waals surface area contributed by atoms with Crippen molar-refractivity contribution in [2.45, 2.75) is 38.6 Å². The molecule has 0 aliphatic heterocycles. The van der Waals surface area contributed by atoms with E-state index in [9.17, 15) is 9.18 Å². The first kappa shape index (κ1) is 18.4. The second kappa shape index (κ2) is 7.77. The highest BCUT2D eigenvalue weighted by atomic mass is 35.5.